The zero-order chi connectivity index (χ0) is 18.6. The van der Waals surface area contributed by atoms with E-state index in [9.17, 15) is 4.79 Å². The zero-order valence-electron chi connectivity index (χ0n) is 15.3. The summed E-state index contributed by atoms with van der Waals surface area (Å²) in [5.74, 6) is 0.158. The summed E-state index contributed by atoms with van der Waals surface area (Å²) in [4.78, 5) is 14.5. The predicted octanol–water partition coefficient (Wildman–Crippen LogP) is 2.88. The Morgan fingerprint density at radius 2 is 2.15 bits per heavy atom. The molecule has 0 aliphatic carbocycles. The van der Waals surface area contributed by atoms with Crippen molar-refractivity contribution >= 4 is 5.91 Å². The van der Waals surface area contributed by atoms with Crippen LogP contribution in [0.2, 0.25) is 0 Å². The van der Waals surface area contributed by atoms with Gasteiger partial charge in [-0.2, -0.15) is 5.10 Å². The van der Waals surface area contributed by atoms with Gasteiger partial charge in [-0.3, -0.25) is 9.89 Å². The van der Waals surface area contributed by atoms with Crippen molar-refractivity contribution in [2.24, 2.45) is 0 Å². The minimum absolute atomic E-state index is 0.134. The van der Waals surface area contributed by atoms with Crippen molar-refractivity contribution in [1.82, 2.24) is 20.3 Å². The van der Waals surface area contributed by atoms with Gasteiger partial charge in [0.1, 0.15) is 0 Å². The molecule has 0 saturated heterocycles. The normalized spacial score (nSPS) is 13.6. The lowest BCUT2D eigenvalue weighted by molar-refractivity contribution is 0.0687. The Morgan fingerprint density at radius 3 is 2.93 bits per heavy atom. The first kappa shape index (κ1) is 17.5. The van der Waals surface area contributed by atoms with Crippen molar-refractivity contribution in [1.29, 1.82) is 0 Å². The number of benzene rings is 1. The van der Waals surface area contributed by atoms with E-state index in [-0.39, 0.29) is 5.91 Å². The van der Waals surface area contributed by atoms with Gasteiger partial charge < -0.3 is 14.2 Å². The van der Waals surface area contributed by atoms with E-state index >= 15 is 0 Å². The number of fused-ring (bicyclic) bond motifs is 1. The number of aryl methyl sites for hydroxylation is 1. The van der Waals surface area contributed by atoms with E-state index in [0.29, 0.717) is 32.1 Å². The third-order valence-electron chi connectivity index (χ3n) is 4.79. The Hall–Kier alpha value is -2.93. The zero-order valence-corrected chi connectivity index (χ0v) is 15.3. The van der Waals surface area contributed by atoms with Gasteiger partial charge in [-0.25, -0.2) is 0 Å². The molecule has 0 atom stereocenters. The highest BCUT2D eigenvalue weighted by Gasteiger charge is 2.27. The summed E-state index contributed by atoms with van der Waals surface area (Å²) in [5.41, 5.74) is 4.87. The summed E-state index contributed by atoms with van der Waals surface area (Å²) in [6.07, 6.45) is 1.48. The number of amides is 1. The molecule has 140 valence electrons. The highest BCUT2D eigenvalue weighted by atomic mass is 16.5. The van der Waals surface area contributed by atoms with Gasteiger partial charge in [0.25, 0.3) is 5.91 Å². The predicted molar refractivity (Wildman–Crippen MR) is 97.8 cm³/mol. The first-order valence-electron chi connectivity index (χ1n) is 9.16. The van der Waals surface area contributed by atoms with Crippen molar-refractivity contribution < 1.29 is 14.1 Å². The quantitative estimate of drug-likeness (QED) is 0.725. The third kappa shape index (κ3) is 3.78. The fraction of sp³-hybridized carbons (Fsp3) is 0.350. The van der Waals surface area contributed by atoms with Gasteiger partial charge in [-0.1, -0.05) is 42.4 Å². The van der Waals surface area contributed by atoms with E-state index in [0.717, 1.165) is 41.1 Å². The number of carbonyl (C=O) groups excluding carboxylic acids is 1. The van der Waals surface area contributed by atoms with Crippen LogP contribution in [0.5, 0.6) is 0 Å². The first-order valence-corrected chi connectivity index (χ1v) is 9.16. The van der Waals surface area contributed by atoms with Crippen molar-refractivity contribution in [2.75, 3.05) is 6.54 Å². The molecule has 0 spiro atoms. The fourth-order valence-corrected chi connectivity index (χ4v) is 3.22. The maximum atomic E-state index is 12.7. The number of nitrogens with zero attached hydrogens (tertiary/aromatic N) is 3. The summed E-state index contributed by atoms with van der Waals surface area (Å²) >= 11 is 0. The topological polar surface area (TPSA) is 84.2 Å². The van der Waals surface area contributed by atoms with Gasteiger partial charge in [0.15, 0.2) is 0 Å². The molecule has 0 saturated carbocycles. The molecule has 0 fully saturated rings. The molecular weight excluding hydrogens is 344 g/mol. The Kier molecular flexibility index (Phi) is 5.02. The van der Waals surface area contributed by atoms with E-state index in [4.69, 9.17) is 9.26 Å². The highest BCUT2D eigenvalue weighted by molar-refractivity contribution is 5.91. The summed E-state index contributed by atoms with van der Waals surface area (Å²) in [6, 6.07) is 11.7. The van der Waals surface area contributed by atoms with Crippen molar-refractivity contribution in [3.05, 3.63) is 70.4 Å². The number of hydrogen-bond donors (Lipinski definition) is 1. The van der Waals surface area contributed by atoms with E-state index in [2.05, 4.69) is 15.4 Å². The standard InChI is InChI=1S/C20H22N4O3/c1-2-15-10-19(27-23-15)20(25)24-9-8-17-16(11-24)18(22-21-17)13-26-12-14-6-4-3-5-7-14/h3-7,10H,2,8-9,11-13H2,1H3,(H,21,22). The second-order valence-electron chi connectivity index (χ2n) is 6.62. The summed E-state index contributed by atoms with van der Waals surface area (Å²) in [5, 5.41) is 11.4. The fourth-order valence-electron chi connectivity index (χ4n) is 3.22. The molecule has 7 nitrogen and oxygen atoms in total. The number of nitrogens with one attached hydrogen (secondary N) is 1. The Bertz CT molecular complexity index is 916. The largest absolute Gasteiger partial charge is 0.370 e. The van der Waals surface area contributed by atoms with Gasteiger partial charge in [0, 0.05) is 36.8 Å². The SMILES string of the molecule is CCc1cc(C(=O)N2CCc3[nH]nc(COCc4ccccc4)c3C2)on1. The molecule has 3 heterocycles. The maximum absolute atomic E-state index is 12.7. The number of H-pyrrole nitrogens is 1. The van der Waals surface area contributed by atoms with Crippen LogP contribution in [-0.4, -0.2) is 32.7 Å². The minimum atomic E-state index is -0.134. The van der Waals surface area contributed by atoms with Crippen LogP contribution in [0.15, 0.2) is 40.9 Å². The van der Waals surface area contributed by atoms with Crippen molar-refractivity contribution in [3.8, 4) is 0 Å². The van der Waals surface area contributed by atoms with Gasteiger partial charge in [-0.05, 0) is 12.0 Å². The van der Waals surface area contributed by atoms with Gasteiger partial charge >= 0.3 is 0 Å². The summed E-state index contributed by atoms with van der Waals surface area (Å²) < 4.78 is 11.0. The Balaban J connectivity index is 1.41. The van der Waals surface area contributed by atoms with Crippen LogP contribution < -0.4 is 0 Å². The lowest BCUT2D eigenvalue weighted by Gasteiger charge is -2.26. The molecule has 7 heteroatoms. The van der Waals surface area contributed by atoms with E-state index in [1.807, 2.05) is 37.3 Å². The lowest BCUT2D eigenvalue weighted by Crippen LogP contribution is -2.36. The van der Waals surface area contributed by atoms with E-state index in [1.165, 1.54) is 0 Å². The van der Waals surface area contributed by atoms with Crippen LogP contribution in [0.3, 0.4) is 0 Å². The van der Waals surface area contributed by atoms with Gasteiger partial charge in [0.2, 0.25) is 5.76 Å². The molecule has 1 amide bonds. The molecule has 2 aromatic heterocycles. The summed E-state index contributed by atoms with van der Waals surface area (Å²) in [6.45, 7) is 4.04. The number of ether oxygens (including phenoxy) is 1. The molecule has 1 aromatic carbocycles. The molecule has 0 unspecified atom stereocenters. The van der Waals surface area contributed by atoms with Gasteiger partial charge in [-0.15, -0.1) is 0 Å². The van der Waals surface area contributed by atoms with Crippen molar-refractivity contribution in [2.45, 2.75) is 39.5 Å². The molecule has 27 heavy (non-hydrogen) atoms. The third-order valence-corrected chi connectivity index (χ3v) is 4.79. The molecule has 0 bridgehead atoms. The Labute approximate surface area is 157 Å². The Morgan fingerprint density at radius 1 is 1.30 bits per heavy atom. The number of hydrogen-bond acceptors (Lipinski definition) is 5. The monoisotopic (exact) mass is 366 g/mol. The molecule has 1 aliphatic rings. The van der Waals surface area contributed by atoms with Crippen LogP contribution in [0.1, 0.15) is 45.7 Å². The molecule has 1 N–H and O–H groups in total. The average Bonchev–Trinajstić information content (AvgIpc) is 3.35. The number of rotatable bonds is 6. The van der Waals surface area contributed by atoms with Crippen LogP contribution in [0.4, 0.5) is 0 Å². The summed E-state index contributed by atoms with van der Waals surface area (Å²) in [7, 11) is 0. The van der Waals surface area contributed by atoms with Gasteiger partial charge in [0.05, 0.1) is 24.6 Å². The molecular formula is C20H22N4O3. The van der Waals surface area contributed by atoms with E-state index in [1.54, 1.807) is 11.0 Å². The second-order valence-corrected chi connectivity index (χ2v) is 6.62. The molecule has 1 aliphatic heterocycles. The molecule has 3 aromatic rings. The molecule has 4 rings (SSSR count). The first-order chi connectivity index (χ1) is 13.2. The van der Waals surface area contributed by atoms with Crippen molar-refractivity contribution in [3.63, 3.8) is 0 Å². The smallest absolute Gasteiger partial charge is 0.292 e. The van der Waals surface area contributed by atoms with Crippen LogP contribution in [0, 0.1) is 0 Å². The average molecular weight is 366 g/mol. The van der Waals surface area contributed by atoms with E-state index < -0.39 is 0 Å². The lowest BCUT2D eigenvalue weighted by atomic mass is 10.1. The maximum Gasteiger partial charge on any atom is 0.292 e. The number of aromatic nitrogens is 3. The minimum Gasteiger partial charge on any atom is -0.370 e. The molecule has 0 radical (unpaired) electrons. The highest BCUT2D eigenvalue weighted by Crippen LogP contribution is 2.23. The number of aromatic amines is 1. The second kappa shape index (κ2) is 7.75. The van der Waals surface area contributed by atoms with Crippen LogP contribution in [-0.2, 0) is 37.3 Å². The van der Waals surface area contributed by atoms with Crippen LogP contribution in [0.25, 0.3) is 0 Å². The van der Waals surface area contributed by atoms with Crippen LogP contribution >= 0.6 is 0 Å². The number of carbonyl (C=O) groups is 1.